The van der Waals surface area contributed by atoms with E-state index in [4.69, 9.17) is 4.74 Å². The molecule has 0 aliphatic heterocycles. The number of rotatable bonds is 6. The van der Waals surface area contributed by atoms with Crippen LogP contribution in [0.4, 0.5) is 0 Å². The second-order valence-corrected chi connectivity index (χ2v) is 5.19. The minimum Gasteiger partial charge on any atom is -0.455 e. The van der Waals surface area contributed by atoms with Crippen LogP contribution in [0.3, 0.4) is 0 Å². The monoisotopic (exact) mass is 264 g/mol. The molecule has 0 fully saturated rings. The van der Waals surface area contributed by atoms with Crippen LogP contribution in [-0.4, -0.2) is 22.8 Å². The highest BCUT2D eigenvalue weighted by Gasteiger charge is 2.37. The van der Waals surface area contributed by atoms with Crippen molar-refractivity contribution in [2.24, 2.45) is 5.92 Å². The van der Waals surface area contributed by atoms with Crippen LogP contribution in [0.15, 0.2) is 30.3 Å². The molecule has 0 aliphatic carbocycles. The molecule has 0 saturated carbocycles. The maximum Gasteiger partial charge on any atom is 0.338 e. The molecule has 3 atom stereocenters. The fourth-order valence-corrected chi connectivity index (χ4v) is 2.09. The molecule has 0 aromatic heterocycles. The minimum atomic E-state index is -0.650. The van der Waals surface area contributed by atoms with Gasteiger partial charge in [-0.15, -0.1) is 0 Å². The number of carbonyl (C=O) groups excluding carboxylic acids is 1. The quantitative estimate of drug-likeness (QED) is 0.801. The molecule has 0 spiro atoms. The summed E-state index contributed by atoms with van der Waals surface area (Å²) in [5.74, 6) is -0.435. The third-order valence-corrected chi connectivity index (χ3v) is 4.00. The summed E-state index contributed by atoms with van der Waals surface area (Å²) in [7, 11) is 0. The van der Waals surface area contributed by atoms with Gasteiger partial charge in [0.2, 0.25) is 0 Å². The Bertz CT molecular complexity index is 402. The lowest BCUT2D eigenvalue weighted by atomic mass is 9.83. The molecule has 0 bridgehead atoms. The molecule has 106 valence electrons. The maximum atomic E-state index is 12.1. The lowest BCUT2D eigenvalue weighted by Crippen LogP contribution is -2.43. The van der Waals surface area contributed by atoms with Gasteiger partial charge in [0.1, 0.15) is 5.60 Å². The third kappa shape index (κ3) is 3.80. The van der Waals surface area contributed by atoms with Crippen molar-refractivity contribution in [3.63, 3.8) is 0 Å². The topological polar surface area (TPSA) is 46.5 Å². The first-order valence-corrected chi connectivity index (χ1v) is 6.91. The molecule has 1 rings (SSSR count). The lowest BCUT2D eigenvalue weighted by Gasteiger charge is -2.36. The Hall–Kier alpha value is -1.35. The fraction of sp³-hybridized carbons (Fsp3) is 0.562. The van der Waals surface area contributed by atoms with Crippen LogP contribution in [0, 0.1) is 5.92 Å². The number of hydrogen-bond donors (Lipinski definition) is 1. The molecule has 0 saturated heterocycles. The van der Waals surface area contributed by atoms with E-state index >= 15 is 0 Å². The predicted molar refractivity (Wildman–Crippen MR) is 76.0 cm³/mol. The van der Waals surface area contributed by atoms with E-state index in [1.165, 1.54) is 0 Å². The van der Waals surface area contributed by atoms with E-state index in [-0.39, 0.29) is 11.9 Å². The Balaban J connectivity index is 2.84. The van der Waals surface area contributed by atoms with Gasteiger partial charge in [-0.2, -0.15) is 0 Å². The van der Waals surface area contributed by atoms with Crippen LogP contribution in [0.5, 0.6) is 0 Å². The van der Waals surface area contributed by atoms with Crippen LogP contribution in [0.1, 0.15) is 50.9 Å². The number of benzene rings is 1. The number of carbonyl (C=O) groups is 1. The zero-order chi connectivity index (χ0) is 14.5. The normalized spacial score (nSPS) is 17.3. The standard InChI is InChI=1S/C16H24O3/c1-5-14(17)12(3)16(4,6-2)19-15(18)13-10-8-7-9-11-13/h7-12,14,17H,5-6H2,1-4H3. The molecule has 3 nitrogen and oxygen atoms in total. The second-order valence-electron chi connectivity index (χ2n) is 5.19. The molecule has 3 heteroatoms. The third-order valence-electron chi connectivity index (χ3n) is 4.00. The van der Waals surface area contributed by atoms with Crippen molar-refractivity contribution in [1.82, 2.24) is 0 Å². The zero-order valence-electron chi connectivity index (χ0n) is 12.2. The van der Waals surface area contributed by atoms with Crippen LogP contribution in [-0.2, 0) is 4.74 Å². The van der Waals surface area contributed by atoms with E-state index in [2.05, 4.69) is 0 Å². The molecule has 1 N–H and O–H groups in total. The minimum absolute atomic E-state index is 0.102. The van der Waals surface area contributed by atoms with Crippen molar-refractivity contribution in [1.29, 1.82) is 0 Å². The molecule has 1 aromatic rings. The predicted octanol–water partition coefficient (Wildman–Crippen LogP) is 3.42. The average molecular weight is 264 g/mol. The Kier molecular flexibility index (Phi) is 5.55. The van der Waals surface area contributed by atoms with Gasteiger partial charge in [0.05, 0.1) is 11.7 Å². The number of esters is 1. The van der Waals surface area contributed by atoms with E-state index in [1.807, 2.05) is 45.9 Å². The summed E-state index contributed by atoms with van der Waals surface area (Å²) in [5.41, 5.74) is -0.108. The summed E-state index contributed by atoms with van der Waals surface area (Å²) in [4.78, 5) is 12.1. The van der Waals surface area contributed by atoms with Crippen LogP contribution >= 0.6 is 0 Å². The molecule has 0 amide bonds. The summed E-state index contributed by atoms with van der Waals surface area (Å²) in [6.45, 7) is 7.71. The van der Waals surface area contributed by atoms with Crippen LogP contribution in [0.25, 0.3) is 0 Å². The van der Waals surface area contributed by atoms with Gasteiger partial charge in [0.15, 0.2) is 0 Å². The SMILES string of the molecule is CCC(O)C(C)C(C)(CC)OC(=O)c1ccccc1. The van der Waals surface area contributed by atoms with Gasteiger partial charge in [0.25, 0.3) is 0 Å². The van der Waals surface area contributed by atoms with Crippen molar-refractivity contribution in [2.75, 3.05) is 0 Å². The number of aliphatic hydroxyl groups excluding tert-OH is 1. The Morgan fingerprint density at radius 1 is 1.32 bits per heavy atom. The fourth-order valence-electron chi connectivity index (χ4n) is 2.09. The highest BCUT2D eigenvalue weighted by atomic mass is 16.6. The Morgan fingerprint density at radius 2 is 1.89 bits per heavy atom. The van der Waals surface area contributed by atoms with Crippen LogP contribution < -0.4 is 0 Å². The second kappa shape index (κ2) is 6.71. The molecule has 3 unspecified atom stereocenters. The molecular formula is C16H24O3. The van der Waals surface area contributed by atoms with Gasteiger partial charge in [-0.1, -0.05) is 39.0 Å². The van der Waals surface area contributed by atoms with Gasteiger partial charge in [0, 0.05) is 5.92 Å². The largest absolute Gasteiger partial charge is 0.455 e. The van der Waals surface area contributed by atoms with Gasteiger partial charge >= 0.3 is 5.97 Å². The number of ether oxygens (including phenoxy) is 1. The molecular weight excluding hydrogens is 240 g/mol. The first kappa shape index (κ1) is 15.7. The summed E-state index contributed by atoms with van der Waals surface area (Å²) in [5, 5.41) is 9.99. The maximum absolute atomic E-state index is 12.1. The average Bonchev–Trinajstić information content (AvgIpc) is 2.46. The molecule has 0 heterocycles. The highest BCUT2D eigenvalue weighted by molar-refractivity contribution is 5.89. The summed E-state index contributed by atoms with van der Waals surface area (Å²) >= 11 is 0. The van der Waals surface area contributed by atoms with Gasteiger partial charge in [-0.05, 0) is 31.9 Å². The molecule has 0 aliphatic rings. The van der Waals surface area contributed by atoms with Crippen molar-refractivity contribution in [2.45, 2.75) is 52.2 Å². The van der Waals surface area contributed by atoms with Crippen molar-refractivity contribution >= 4 is 5.97 Å². The summed E-state index contributed by atoms with van der Waals surface area (Å²) in [6, 6.07) is 8.95. The van der Waals surface area contributed by atoms with E-state index in [1.54, 1.807) is 12.1 Å². The number of hydrogen-bond acceptors (Lipinski definition) is 3. The van der Waals surface area contributed by atoms with Crippen LogP contribution in [0.2, 0.25) is 0 Å². The summed E-state index contributed by atoms with van der Waals surface area (Å²) in [6.07, 6.45) is 0.859. The molecule has 1 aromatic carbocycles. The molecule has 0 radical (unpaired) electrons. The lowest BCUT2D eigenvalue weighted by molar-refractivity contribution is -0.0729. The number of aliphatic hydroxyl groups is 1. The zero-order valence-corrected chi connectivity index (χ0v) is 12.2. The smallest absolute Gasteiger partial charge is 0.338 e. The van der Waals surface area contributed by atoms with E-state index in [0.29, 0.717) is 18.4 Å². The van der Waals surface area contributed by atoms with E-state index in [0.717, 1.165) is 0 Å². The highest BCUT2D eigenvalue weighted by Crippen LogP contribution is 2.30. The first-order chi connectivity index (χ1) is 8.94. The van der Waals surface area contributed by atoms with E-state index in [9.17, 15) is 9.90 Å². The van der Waals surface area contributed by atoms with Crippen molar-refractivity contribution in [3.05, 3.63) is 35.9 Å². The Labute approximate surface area is 115 Å². The van der Waals surface area contributed by atoms with Gasteiger partial charge in [-0.3, -0.25) is 0 Å². The van der Waals surface area contributed by atoms with Gasteiger partial charge in [-0.25, -0.2) is 4.79 Å². The first-order valence-electron chi connectivity index (χ1n) is 6.91. The van der Waals surface area contributed by atoms with Crippen molar-refractivity contribution in [3.8, 4) is 0 Å². The Morgan fingerprint density at radius 3 is 2.37 bits per heavy atom. The van der Waals surface area contributed by atoms with Crippen molar-refractivity contribution < 1.29 is 14.6 Å². The van der Waals surface area contributed by atoms with Gasteiger partial charge < -0.3 is 9.84 Å². The van der Waals surface area contributed by atoms with E-state index < -0.39 is 11.7 Å². The summed E-state index contributed by atoms with van der Waals surface area (Å²) < 4.78 is 5.66. The molecule has 19 heavy (non-hydrogen) atoms.